The van der Waals surface area contributed by atoms with E-state index in [1.54, 1.807) is 11.3 Å². The monoisotopic (exact) mass is 457 g/mol. The second-order valence-electron chi connectivity index (χ2n) is 10.3. The zero-order valence-electron chi connectivity index (χ0n) is 21.8. The molecule has 0 fully saturated rings. The number of nitrogens with zero attached hydrogens (tertiary/aromatic N) is 1. The average molecular weight is 458 g/mol. The van der Waals surface area contributed by atoms with E-state index in [-0.39, 0.29) is 11.3 Å². The van der Waals surface area contributed by atoms with E-state index in [1.165, 1.54) is 24.0 Å². The molecule has 1 aromatic rings. The Morgan fingerprint density at radius 1 is 1.25 bits per heavy atom. The zero-order chi connectivity index (χ0) is 24.1. The predicted octanol–water partition coefficient (Wildman–Crippen LogP) is 9.37. The molecule has 0 N–H and O–H groups in total. The lowest BCUT2D eigenvalue weighted by molar-refractivity contribution is -0.132. The van der Waals surface area contributed by atoms with Gasteiger partial charge in [0, 0.05) is 16.7 Å². The summed E-state index contributed by atoms with van der Waals surface area (Å²) in [5, 5.41) is 3.25. The topological polar surface area (TPSA) is 30.0 Å². The van der Waals surface area contributed by atoms with Gasteiger partial charge in [-0.3, -0.25) is 4.79 Å². The van der Waals surface area contributed by atoms with Gasteiger partial charge in [0.1, 0.15) is 5.78 Å². The second kappa shape index (κ2) is 14.6. The molecule has 0 aromatic carbocycles. The molecule has 0 bridgehead atoms. The third kappa shape index (κ3) is 10.9. The number of Topliss-reactive ketones (excluding diaryl/α,β-unsaturated/α-hetero) is 1. The third-order valence-electron chi connectivity index (χ3n) is 6.38. The van der Waals surface area contributed by atoms with Crippen LogP contribution in [0.1, 0.15) is 110 Å². The first kappa shape index (κ1) is 28.6. The molecule has 2 atom stereocenters. The SMILES string of the molecule is C=CCC(CC(C)CCCC(C)=CCCC(C)=Cc1csc(C)n1)C(=O)C(C)(C)CCC. The molecule has 180 valence electrons. The summed E-state index contributed by atoms with van der Waals surface area (Å²) in [6.45, 7) is 19.1. The summed E-state index contributed by atoms with van der Waals surface area (Å²) in [4.78, 5) is 17.6. The number of hydrogen-bond donors (Lipinski definition) is 0. The van der Waals surface area contributed by atoms with E-state index in [4.69, 9.17) is 0 Å². The Balaban J connectivity index is 2.42. The lowest BCUT2D eigenvalue weighted by atomic mass is 9.74. The summed E-state index contributed by atoms with van der Waals surface area (Å²) in [5.74, 6) is 1.12. The second-order valence-corrected chi connectivity index (χ2v) is 11.4. The zero-order valence-corrected chi connectivity index (χ0v) is 22.6. The van der Waals surface area contributed by atoms with Crippen molar-refractivity contribution in [2.24, 2.45) is 17.3 Å². The first-order valence-corrected chi connectivity index (χ1v) is 13.4. The summed E-state index contributed by atoms with van der Waals surface area (Å²) in [6, 6.07) is 0. The number of rotatable bonds is 16. The normalized spacial score (nSPS) is 15.0. The van der Waals surface area contributed by atoms with Crippen molar-refractivity contribution in [2.45, 2.75) is 106 Å². The summed E-state index contributed by atoms with van der Waals surface area (Å²) in [6.07, 6.45) is 16.1. The van der Waals surface area contributed by atoms with E-state index in [2.05, 4.69) is 77.6 Å². The highest BCUT2D eigenvalue weighted by molar-refractivity contribution is 7.09. The minimum Gasteiger partial charge on any atom is -0.299 e. The van der Waals surface area contributed by atoms with Crippen LogP contribution >= 0.6 is 11.3 Å². The maximum atomic E-state index is 13.1. The van der Waals surface area contributed by atoms with Crippen LogP contribution in [0.4, 0.5) is 0 Å². The lowest BCUT2D eigenvalue weighted by Crippen LogP contribution is -2.31. The molecule has 0 radical (unpaired) electrons. The molecule has 0 aliphatic heterocycles. The molecule has 0 amide bonds. The standard InChI is InChI=1S/C29H47NOS/c1-9-13-26(28(31)29(7,8)18-10-2)19-23(4)16-11-14-22(3)15-12-17-24(5)20-27-21-32-25(6)30-27/h9,15,20-21,23,26H,1,10-14,16-19H2,2-8H3. The molecule has 1 rings (SSSR count). The molecule has 0 spiro atoms. The van der Waals surface area contributed by atoms with Crippen LogP contribution in [0, 0.1) is 24.2 Å². The number of ketones is 1. The summed E-state index contributed by atoms with van der Waals surface area (Å²) < 4.78 is 0. The summed E-state index contributed by atoms with van der Waals surface area (Å²) in [7, 11) is 0. The van der Waals surface area contributed by atoms with Crippen molar-refractivity contribution in [1.82, 2.24) is 4.98 Å². The van der Waals surface area contributed by atoms with Gasteiger partial charge in [-0.25, -0.2) is 4.98 Å². The molecular weight excluding hydrogens is 410 g/mol. The van der Waals surface area contributed by atoms with E-state index in [1.807, 2.05) is 6.08 Å². The highest BCUT2D eigenvalue weighted by Crippen LogP contribution is 2.32. The first-order chi connectivity index (χ1) is 15.1. The van der Waals surface area contributed by atoms with Gasteiger partial charge in [-0.15, -0.1) is 17.9 Å². The Kier molecular flexibility index (Phi) is 13.0. The van der Waals surface area contributed by atoms with E-state index in [0.717, 1.165) is 55.6 Å². The molecule has 1 aromatic heterocycles. The number of carbonyl (C=O) groups is 1. The number of thiazole rings is 1. The van der Waals surface area contributed by atoms with Crippen molar-refractivity contribution in [3.8, 4) is 0 Å². The van der Waals surface area contributed by atoms with Crippen molar-refractivity contribution in [3.05, 3.63) is 46.0 Å². The van der Waals surface area contributed by atoms with Crippen LogP contribution in [-0.2, 0) is 4.79 Å². The van der Waals surface area contributed by atoms with Gasteiger partial charge in [-0.1, -0.05) is 63.8 Å². The minimum atomic E-state index is -0.216. The Labute approximate surface area is 202 Å². The van der Waals surface area contributed by atoms with Gasteiger partial charge >= 0.3 is 0 Å². The van der Waals surface area contributed by atoms with Crippen LogP contribution in [0.2, 0.25) is 0 Å². The van der Waals surface area contributed by atoms with Crippen molar-refractivity contribution in [1.29, 1.82) is 0 Å². The molecule has 2 unspecified atom stereocenters. The van der Waals surface area contributed by atoms with Crippen LogP contribution in [0.5, 0.6) is 0 Å². The smallest absolute Gasteiger partial charge is 0.141 e. The highest BCUT2D eigenvalue weighted by atomic mass is 32.1. The van der Waals surface area contributed by atoms with Gasteiger partial charge in [0.15, 0.2) is 0 Å². The van der Waals surface area contributed by atoms with Gasteiger partial charge in [-0.2, -0.15) is 0 Å². The molecule has 0 aliphatic carbocycles. The molecular formula is C29H47NOS. The fourth-order valence-electron chi connectivity index (χ4n) is 4.56. The maximum absolute atomic E-state index is 13.1. The maximum Gasteiger partial charge on any atom is 0.141 e. The van der Waals surface area contributed by atoms with Crippen molar-refractivity contribution in [3.63, 3.8) is 0 Å². The van der Waals surface area contributed by atoms with Gasteiger partial charge < -0.3 is 0 Å². The molecule has 2 nitrogen and oxygen atoms in total. The van der Waals surface area contributed by atoms with Gasteiger partial charge in [-0.05, 0) is 77.7 Å². The molecule has 32 heavy (non-hydrogen) atoms. The Morgan fingerprint density at radius 2 is 1.97 bits per heavy atom. The van der Waals surface area contributed by atoms with E-state index in [0.29, 0.717) is 11.7 Å². The Bertz CT molecular complexity index is 768. The van der Waals surface area contributed by atoms with E-state index in [9.17, 15) is 4.79 Å². The Hall–Kier alpha value is -1.48. The Morgan fingerprint density at radius 3 is 2.56 bits per heavy atom. The number of carbonyl (C=O) groups excluding carboxylic acids is 1. The molecule has 0 saturated heterocycles. The van der Waals surface area contributed by atoms with Gasteiger partial charge in [0.2, 0.25) is 0 Å². The quantitative estimate of drug-likeness (QED) is 0.231. The molecule has 0 aliphatic rings. The van der Waals surface area contributed by atoms with Crippen LogP contribution in [-0.4, -0.2) is 10.8 Å². The molecule has 3 heteroatoms. The summed E-state index contributed by atoms with van der Waals surface area (Å²) >= 11 is 1.71. The van der Waals surface area contributed by atoms with Crippen LogP contribution in [0.3, 0.4) is 0 Å². The minimum absolute atomic E-state index is 0.122. The fraction of sp³-hybridized carbons (Fsp3) is 0.655. The highest BCUT2D eigenvalue weighted by Gasteiger charge is 2.32. The third-order valence-corrected chi connectivity index (χ3v) is 7.17. The predicted molar refractivity (Wildman–Crippen MR) is 143 cm³/mol. The van der Waals surface area contributed by atoms with E-state index < -0.39 is 0 Å². The van der Waals surface area contributed by atoms with Crippen LogP contribution in [0.25, 0.3) is 6.08 Å². The average Bonchev–Trinajstić information content (AvgIpc) is 3.11. The number of aryl methyl sites for hydroxylation is 1. The number of aromatic nitrogens is 1. The van der Waals surface area contributed by atoms with Gasteiger partial charge in [0.25, 0.3) is 0 Å². The van der Waals surface area contributed by atoms with Crippen molar-refractivity contribution < 1.29 is 4.79 Å². The fourth-order valence-corrected chi connectivity index (χ4v) is 5.13. The summed E-state index contributed by atoms with van der Waals surface area (Å²) in [5.41, 5.74) is 3.74. The number of allylic oxidation sites excluding steroid dienone is 4. The van der Waals surface area contributed by atoms with Gasteiger partial charge in [0.05, 0.1) is 10.7 Å². The largest absolute Gasteiger partial charge is 0.299 e. The number of hydrogen-bond acceptors (Lipinski definition) is 3. The first-order valence-electron chi connectivity index (χ1n) is 12.5. The van der Waals surface area contributed by atoms with Crippen LogP contribution in [0.15, 0.2) is 35.3 Å². The van der Waals surface area contributed by atoms with Crippen LogP contribution < -0.4 is 0 Å². The van der Waals surface area contributed by atoms with Crippen molar-refractivity contribution >= 4 is 23.2 Å². The lowest BCUT2D eigenvalue weighted by Gasteiger charge is -2.29. The van der Waals surface area contributed by atoms with Crippen molar-refractivity contribution in [2.75, 3.05) is 0 Å². The molecule has 0 saturated carbocycles. The molecule has 1 heterocycles. The van der Waals surface area contributed by atoms with E-state index >= 15 is 0 Å².